The van der Waals surface area contributed by atoms with Crippen LogP contribution in [0.3, 0.4) is 0 Å². The van der Waals surface area contributed by atoms with Crippen molar-refractivity contribution in [3.8, 4) is 11.1 Å². The maximum atomic E-state index is 5.84. The number of hydrogen-bond donors (Lipinski definition) is 1. The second kappa shape index (κ2) is 4.15. The monoisotopic (exact) mass is 254 g/mol. The number of rotatable bonds is 2. The van der Waals surface area contributed by atoms with Crippen molar-refractivity contribution >= 4 is 11.4 Å². The van der Waals surface area contributed by atoms with Crippen molar-refractivity contribution < 1.29 is 0 Å². The minimum atomic E-state index is 0.664. The third kappa shape index (κ3) is 1.55. The number of benzene rings is 1. The highest BCUT2D eigenvalue weighted by Crippen LogP contribution is 2.52. The van der Waals surface area contributed by atoms with Gasteiger partial charge in [-0.1, -0.05) is 6.07 Å². The fourth-order valence-electron chi connectivity index (χ4n) is 3.17. The first-order chi connectivity index (χ1) is 9.09. The molecule has 98 valence electrons. The summed E-state index contributed by atoms with van der Waals surface area (Å²) in [6.45, 7) is 5.93. The van der Waals surface area contributed by atoms with Crippen LogP contribution in [0.2, 0.25) is 0 Å². The first kappa shape index (κ1) is 12.3. The van der Waals surface area contributed by atoms with Crippen molar-refractivity contribution in [2.45, 2.75) is 13.8 Å². The Morgan fingerprint density at radius 3 is 2.68 bits per heavy atom. The summed E-state index contributed by atoms with van der Waals surface area (Å²) in [6.07, 6.45) is 3.86. The predicted octanol–water partition coefficient (Wildman–Crippen LogP) is 2.91. The first-order valence-corrected chi connectivity index (χ1v) is 6.71. The number of hydrogen-bond acceptors (Lipinski definition) is 2. The van der Waals surface area contributed by atoms with Crippen LogP contribution < -0.4 is 10.2 Å². The molecular formula is C16H20N3+. The lowest BCUT2D eigenvalue weighted by Gasteiger charge is -2.29. The van der Waals surface area contributed by atoms with Gasteiger partial charge in [0.1, 0.15) is 12.2 Å². The Morgan fingerprint density at radius 1 is 1.16 bits per heavy atom. The molecule has 1 aliphatic heterocycles. The van der Waals surface area contributed by atoms with Crippen LogP contribution in [0.5, 0.6) is 0 Å². The molecule has 19 heavy (non-hydrogen) atoms. The zero-order chi connectivity index (χ0) is 13.6. The van der Waals surface area contributed by atoms with E-state index in [9.17, 15) is 0 Å². The van der Waals surface area contributed by atoms with Gasteiger partial charge in [0.05, 0.1) is 24.4 Å². The van der Waals surface area contributed by atoms with Crippen molar-refractivity contribution in [3.63, 3.8) is 0 Å². The Hall–Kier alpha value is -1.71. The van der Waals surface area contributed by atoms with E-state index in [-0.39, 0.29) is 0 Å². The molecule has 1 aromatic carbocycles. The molecule has 0 saturated carbocycles. The highest BCUT2D eigenvalue weighted by atomic mass is 15.4. The van der Waals surface area contributed by atoms with Crippen LogP contribution in [0.25, 0.3) is 11.1 Å². The summed E-state index contributed by atoms with van der Waals surface area (Å²) >= 11 is 0. The Balaban J connectivity index is 2.37. The molecule has 1 aromatic heterocycles. The molecule has 2 N–H and O–H groups in total. The van der Waals surface area contributed by atoms with Gasteiger partial charge < -0.3 is 5.73 Å². The van der Waals surface area contributed by atoms with Crippen molar-refractivity contribution in [3.05, 3.63) is 41.7 Å². The van der Waals surface area contributed by atoms with E-state index in [4.69, 9.17) is 5.73 Å². The van der Waals surface area contributed by atoms with E-state index in [1.807, 2.05) is 12.4 Å². The maximum absolute atomic E-state index is 5.84. The normalized spacial score (nSPS) is 20.2. The second-order valence-electron chi connectivity index (χ2n) is 5.50. The third-order valence-corrected chi connectivity index (χ3v) is 4.42. The summed E-state index contributed by atoms with van der Waals surface area (Å²) in [4.78, 5) is 4.31. The molecule has 2 heterocycles. The third-order valence-electron chi connectivity index (χ3n) is 4.42. The SMILES string of the molecule is Cc1ccc2c(c1C)-c1ccncc1[N+]2(C)CCN. The van der Waals surface area contributed by atoms with E-state index in [2.05, 4.69) is 44.1 Å². The van der Waals surface area contributed by atoms with Crippen molar-refractivity contribution in [1.29, 1.82) is 0 Å². The zero-order valence-electron chi connectivity index (χ0n) is 11.8. The standard InChI is InChI=1S/C16H20N3/c1-11-4-5-14-16(12(11)2)13-6-8-18-10-15(13)19(14,3)9-7-17/h4-6,8,10H,7,9,17H2,1-3H3/q+1. The van der Waals surface area contributed by atoms with Gasteiger partial charge in [-0.05, 0) is 31.0 Å². The van der Waals surface area contributed by atoms with Crippen LogP contribution in [0.1, 0.15) is 11.1 Å². The van der Waals surface area contributed by atoms with Gasteiger partial charge in [0.25, 0.3) is 0 Å². The van der Waals surface area contributed by atoms with Crippen LogP contribution in [0.15, 0.2) is 30.6 Å². The number of nitrogens with two attached hydrogens (primary N) is 1. The Kier molecular flexibility index (Phi) is 2.69. The predicted molar refractivity (Wildman–Crippen MR) is 80.4 cm³/mol. The number of likely N-dealkylation sites (N-methyl/N-ethyl adjacent to an activating group) is 1. The van der Waals surface area contributed by atoms with Crippen LogP contribution in [0.4, 0.5) is 11.4 Å². The second-order valence-corrected chi connectivity index (χ2v) is 5.50. The van der Waals surface area contributed by atoms with Crippen molar-refractivity contribution in [2.75, 3.05) is 20.1 Å². The molecule has 0 fully saturated rings. The minimum absolute atomic E-state index is 0.664. The van der Waals surface area contributed by atoms with Crippen LogP contribution in [-0.4, -0.2) is 25.1 Å². The summed E-state index contributed by atoms with van der Waals surface area (Å²) in [6, 6.07) is 6.58. The molecule has 0 amide bonds. The molecular weight excluding hydrogens is 234 g/mol. The smallest absolute Gasteiger partial charge is 0.164 e. The fourth-order valence-corrected chi connectivity index (χ4v) is 3.17. The molecule has 1 aliphatic rings. The number of quaternary nitrogens is 1. The van der Waals surface area contributed by atoms with Crippen LogP contribution >= 0.6 is 0 Å². The summed E-state index contributed by atoms with van der Waals surface area (Å²) in [5.74, 6) is 0. The highest BCUT2D eigenvalue weighted by molar-refractivity contribution is 5.96. The average Bonchev–Trinajstić information content (AvgIpc) is 2.66. The summed E-state index contributed by atoms with van der Waals surface area (Å²) in [7, 11) is 2.23. The van der Waals surface area contributed by atoms with E-state index >= 15 is 0 Å². The summed E-state index contributed by atoms with van der Waals surface area (Å²) in [5.41, 5.74) is 13.8. The highest BCUT2D eigenvalue weighted by Gasteiger charge is 2.41. The Morgan fingerprint density at radius 2 is 1.95 bits per heavy atom. The molecule has 0 bridgehead atoms. The lowest BCUT2D eigenvalue weighted by molar-refractivity contribution is 0.475. The average molecular weight is 254 g/mol. The zero-order valence-corrected chi connectivity index (χ0v) is 11.8. The van der Waals surface area contributed by atoms with E-state index in [0.717, 1.165) is 11.0 Å². The number of fused-ring (bicyclic) bond motifs is 3. The summed E-state index contributed by atoms with van der Waals surface area (Å²) in [5, 5.41) is 0. The van der Waals surface area contributed by atoms with E-state index in [1.165, 1.54) is 33.6 Å². The molecule has 0 radical (unpaired) electrons. The number of aryl methyl sites for hydroxylation is 1. The molecule has 1 unspecified atom stereocenters. The molecule has 3 rings (SSSR count). The number of pyridine rings is 1. The lowest BCUT2D eigenvalue weighted by Crippen LogP contribution is -2.42. The Bertz CT molecular complexity index is 648. The molecule has 0 aliphatic carbocycles. The van der Waals surface area contributed by atoms with Crippen molar-refractivity contribution in [1.82, 2.24) is 9.47 Å². The van der Waals surface area contributed by atoms with Gasteiger partial charge in [-0.2, -0.15) is 0 Å². The van der Waals surface area contributed by atoms with Crippen LogP contribution in [-0.2, 0) is 0 Å². The van der Waals surface area contributed by atoms with Gasteiger partial charge in [-0.15, -0.1) is 0 Å². The lowest BCUT2D eigenvalue weighted by atomic mass is 9.98. The Labute approximate surface area is 114 Å². The molecule has 3 nitrogen and oxygen atoms in total. The molecule has 0 spiro atoms. The van der Waals surface area contributed by atoms with E-state index in [1.54, 1.807) is 0 Å². The van der Waals surface area contributed by atoms with Gasteiger partial charge in [0.15, 0.2) is 5.69 Å². The number of nitrogens with zero attached hydrogens (tertiary/aromatic N) is 2. The largest absolute Gasteiger partial charge is 0.326 e. The molecule has 2 aromatic rings. The van der Waals surface area contributed by atoms with Gasteiger partial charge in [0.2, 0.25) is 0 Å². The van der Waals surface area contributed by atoms with E-state index in [0.29, 0.717) is 6.54 Å². The van der Waals surface area contributed by atoms with Crippen molar-refractivity contribution in [2.24, 2.45) is 5.73 Å². The topological polar surface area (TPSA) is 38.9 Å². The maximum Gasteiger partial charge on any atom is 0.164 e. The van der Waals surface area contributed by atoms with E-state index < -0.39 is 0 Å². The fraction of sp³-hybridized carbons (Fsp3) is 0.312. The first-order valence-electron chi connectivity index (χ1n) is 6.71. The molecule has 0 saturated heterocycles. The van der Waals surface area contributed by atoms with Gasteiger partial charge in [-0.25, -0.2) is 0 Å². The molecule has 3 heteroatoms. The summed E-state index contributed by atoms with van der Waals surface area (Å²) < 4.78 is 0.760. The van der Waals surface area contributed by atoms with Gasteiger partial charge in [-0.3, -0.25) is 9.47 Å². The minimum Gasteiger partial charge on any atom is -0.326 e. The van der Waals surface area contributed by atoms with Crippen LogP contribution in [0, 0.1) is 13.8 Å². The van der Waals surface area contributed by atoms with Gasteiger partial charge >= 0.3 is 0 Å². The van der Waals surface area contributed by atoms with Gasteiger partial charge in [0, 0.05) is 18.8 Å². The molecule has 1 atom stereocenters. The number of aromatic nitrogens is 1. The quantitative estimate of drug-likeness (QED) is 0.837.